The monoisotopic (exact) mass is 316 g/mol. The van der Waals surface area contributed by atoms with Crippen LogP contribution in [0.4, 0.5) is 17.1 Å². The Morgan fingerprint density at radius 2 is 2.05 bits per heavy atom. The lowest BCUT2D eigenvalue weighted by molar-refractivity contribution is 1.12. The van der Waals surface area contributed by atoms with Crippen LogP contribution in [0.5, 0.6) is 0 Å². The van der Waals surface area contributed by atoms with E-state index in [1.165, 1.54) is 5.56 Å². The van der Waals surface area contributed by atoms with E-state index in [9.17, 15) is 0 Å². The number of halogens is 1. The molecule has 0 atom stereocenters. The molecule has 0 aliphatic rings. The fourth-order valence-corrected chi connectivity index (χ4v) is 2.34. The van der Waals surface area contributed by atoms with Gasteiger partial charge in [-0.1, -0.05) is 6.07 Å². The summed E-state index contributed by atoms with van der Waals surface area (Å²) in [6, 6.07) is 10.0. The first-order chi connectivity index (χ1) is 9.13. The summed E-state index contributed by atoms with van der Waals surface area (Å²) in [6.07, 6.45) is 1.76. The van der Waals surface area contributed by atoms with E-state index in [1.54, 1.807) is 6.20 Å². The maximum Gasteiger partial charge on any atom is 0.0672 e. The predicted molar refractivity (Wildman–Crippen MR) is 82.7 cm³/mol. The van der Waals surface area contributed by atoms with Crippen LogP contribution in [-0.4, -0.2) is 10.2 Å². The molecule has 0 aliphatic carbocycles. The van der Waals surface area contributed by atoms with Gasteiger partial charge in [-0.3, -0.25) is 5.10 Å². The molecule has 4 N–H and O–H groups in total. The summed E-state index contributed by atoms with van der Waals surface area (Å²) in [4.78, 5) is 0. The summed E-state index contributed by atoms with van der Waals surface area (Å²) >= 11 is 3.53. The molecule has 0 saturated carbocycles. The Balaban J connectivity index is 2.04. The van der Waals surface area contributed by atoms with Gasteiger partial charge in [-0.05, 0) is 52.7 Å². The molecule has 4 nitrogen and oxygen atoms in total. The van der Waals surface area contributed by atoms with E-state index in [0.717, 1.165) is 26.8 Å². The van der Waals surface area contributed by atoms with Crippen LogP contribution in [0.3, 0.4) is 0 Å². The van der Waals surface area contributed by atoms with Gasteiger partial charge in [-0.15, -0.1) is 0 Å². The van der Waals surface area contributed by atoms with Crippen LogP contribution in [-0.2, 0) is 0 Å². The summed E-state index contributed by atoms with van der Waals surface area (Å²) in [6.45, 7) is 2.05. The van der Waals surface area contributed by atoms with Crippen molar-refractivity contribution in [2.75, 3.05) is 11.1 Å². The average Bonchev–Trinajstić information content (AvgIpc) is 2.81. The number of fused-ring (bicyclic) bond motifs is 1. The van der Waals surface area contributed by atoms with Crippen molar-refractivity contribution in [2.45, 2.75) is 6.92 Å². The van der Waals surface area contributed by atoms with Crippen molar-refractivity contribution >= 4 is 43.9 Å². The Hall–Kier alpha value is -2.01. The summed E-state index contributed by atoms with van der Waals surface area (Å²) in [5.41, 5.74) is 10.8. The highest BCUT2D eigenvalue weighted by atomic mass is 79.9. The van der Waals surface area contributed by atoms with Crippen molar-refractivity contribution < 1.29 is 0 Å². The molecule has 0 saturated heterocycles. The van der Waals surface area contributed by atoms with Crippen molar-refractivity contribution in [1.29, 1.82) is 0 Å². The number of hydrogen-bond donors (Lipinski definition) is 3. The Morgan fingerprint density at radius 3 is 2.89 bits per heavy atom. The third-order valence-electron chi connectivity index (χ3n) is 3.00. The third-order valence-corrected chi connectivity index (χ3v) is 3.69. The van der Waals surface area contributed by atoms with Crippen molar-refractivity contribution in [2.24, 2.45) is 0 Å². The highest BCUT2D eigenvalue weighted by molar-refractivity contribution is 9.10. The van der Waals surface area contributed by atoms with Crippen molar-refractivity contribution in [3.05, 3.63) is 46.6 Å². The number of nitrogens with two attached hydrogens (primary N) is 1. The predicted octanol–water partition coefficient (Wildman–Crippen LogP) is 3.96. The van der Waals surface area contributed by atoms with Gasteiger partial charge in [0.1, 0.15) is 0 Å². The summed E-state index contributed by atoms with van der Waals surface area (Å²) in [5.74, 6) is 0. The van der Waals surface area contributed by atoms with Gasteiger partial charge in [0.15, 0.2) is 0 Å². The second-order valence-corrected chi connectivity index (χ2v) is 5.36. The van der Waals surface area contributed by atoms with Gasteiger partial charge in [-0.2, -0.15) is 5.10 Å². The van der Waals surface area contributed by atoms with Crippen molar-refractivity contribution in [3.63, 3.8) is 0 Å². The standard InChI is InChI=1S/C14H13BrN4/c1-8-2-3-10(15)13(4-8)18-14-6-12-9(5-11(14)16)7-17-19-12/h2-7,18H,16H2,1H3,(H,17,19). The number of nitrogen functional groups attached to an aromatic ring is 1. The molecule has 0 radical (unpaired) electrons. The SMILES string of the molecule is Cc1ccc(Br)c(Nc2cc3[nH]ncc3cc2N)c1. The Morgan fingerprint density at radius 1 is 1.21 bits per heavy atom. The minimum Gasteiger partial charge on any atom is -0.397 e. The zero-order valence-electron chi connectivity index (χ0n) is 10.4. The molecule has 0 amide bonds. The molecule has 5 heteroatoms. The van der Waals surface area contributed by atoms with Gasteiger partial charge in [0.25, 0.3) is 0 Å². The van der Waals surface area contributed by atoms with Gasteiger partial charge in [0.05, 0.1) is 28.8 Å². The Bertz CT molecular complexity index is 748. The van der Waals surface area contributed by atoms with E-state index < -0.39 is 0 Å². The van der Waals surface area contributed by atoms with E-state index in [2.05, 4.69) is 50.5 Å². The van der Waals surface area contributed by atoms with Gasteiger partial charge in [-0.25, -0.2) is 0 Å². The molecule has 1 heterocycles. The molecule has 0 fully saturated rings. The normalized spacial score (nSPS) is 10.8. The number of nitrogens with one attached hydrogen (secondary N) is 2. The van der Waals surface area contributed by atoms with Crippen LogP contribution < -0.4 is 11.1 Å². The molecule has 3 aromatic rings. The van der Waals surface area contributed by atoms with Crippen LogP contribution in [0.2, 0.25) is 0 Å². The number of aromatic nitrogens is 2. The van der Waals surface area contributed by atoms with Crippen molar-refractivity contribution in [1.82, 2.24) is 10.2 Å². The third kappa shape index (κ3) is 2.29. The maximum absolute atomic E-state index is 6.06. The van der Waals surface area contributed by atoms with Crippen LogP contribution in [0, 0.1) is 6.92 Å². The number of hydrogen-bond acceptors (Lipinski definition) is 3. The fraction of sp³-hybridized carbons (Fsp3) is 0.0714. The molecule has 3 rings (SSSR count). The molecule has 1 aromatic heterocycles. The molecule has 19 heavy (non-hydrogen) atoms. The highest BCUT2D eigenvalue weighted by Crippen LogP contribution is 2.31. The molecule has 0 spiro atoms. The first-order valence-electron chi connectivity index (χ1n) is 5.89. The number of benzene rings is 2. The second-order valence-electron chi connectivity index (χ2n) is 4.51. The average molecular weight is 317 g/mol. The van der Waals surface area contributed by atoms with E-state index in [1.807, 2.05) is 18.2 Å². The largest absolute Gasteiger partial charge is 0.397 e. The number of rotatable bonds is 2. The Kier molecular flexibility index (Phi) is 2.91. The van der Waals surface area contributed by atoms with E-state index in [4.69, 9.17) is 5.73 Å². The lowest BCUT2D eigenvalue weighted by atomic mass is 10.2. The van der Waals surface area contributed by atoms with Crippen LogP contribution >= 0.6 is 15.9 Å². The second kappa shape index (κ2) is 4.59. The Labute approximate surface area is 119 Å². The number of aromatic amines is 1. The van der Waals surface area contributed by atoms with Gasteiger partial charge in [0, 0.05) is 9.86 Å². The molecule has 2 aromatic carbocycles. The summed E-state index contributed by atoms with van der Waals surface area (Å²) < 4.78 is 1.00. The zero-order valence-corrected chi connectivity index (χ0v) is 12.0. The first-order valence-corrected chi connectivity index (χ1v) is 6.68. The van der Waals surface area contributed by atoms with E-state index >= 15 is 0 Å². The molecule has 96 valence electrons. The number of H-pyrrole nitrogens is 1. The molecular formula is C14H13BrN4. The number of aryl methyl sites for hydroxylation is 1. The van der Waals surface area contributed by atoms with Crippen LogP contribution in [0.25, 0.3) is 10.9 Å². The summed E-state index contributed by atoms with van der Waals surface area (Å²) in [7, 11) is 0. The van der Waals surface area contributed by atoms with Crippen LogP contribution in [0.15, 0.2) is 41.0 Å². The van der Waals surface area contributed by atoms with Gasteiger partial charge in [0.2, 0.25) is 0 Å². The van der Waals surface area contributed by atoms with Crippen molar-refractivity contribution in [3.8, 4) is 0 Å². The lowest BCUT2D eigenvalue weighted by Gasteiger charge is -2.12. The lowest BCUT2D eigenvalue weighted by Crippen LogP contribution is -1.97. The zero-order chi connectivity index (χ0) is 13.4. The topological polar surface area (TPSA) is 66.7 Å². The van der Waals surface area contributed by atoms with Crippen LogP contribution in [0.1, 0.15) is 5.56 Å². The summed E-state index contributed by atoms with van der Waals surface area (Å²) in [5, 5.41) is 11.3. The molecule has 0 aliphatic heterocycles. The highest BCUT2D eigenvalue weighted by Gasteiger charge is 2.06. The fourth-order valence-electron chi connectivity index (χ4n) is 2.00. The minimum atomic E-state index is 0.697. The smallest absolute Gasteiger partial charge is 0.0672 e. The molecule has 0 unspecified atom stereocenters. The van der Waals surface area contributed by atoms with Gasteiger partial charge >= 0.3 is 0 Å². The molecule has 0 bridgehead atoms. The van der Waals surface area contributed by atoms with Gasteiger partial charge < -0.3 is 11.1 Å². The van der Waals surface area contributed by atoms with E-state index in [-0.39, 0.29) is 0 Å². The maximum atomic E-state index is 6.06. The quantitative estimate of drug-likeness (QED) is 0.627. The minimum absolute atomic E-state index is 0.697. The van der Waals surface area contributed by atoms with E-state index in [0.29, 0.717) is 5.69 Å². The molecular weight excluding hydrogens is 304 g/mol. The number of anilines is 3. The number of nitrogens with zero attached hydrogens (tertiary/aromatic N) is 1. The first kappa shape index (κ1) is 12.0.